The van der Waals surface area contributed by atoms with Gasteiger partial charge in [-0.2, -0.15) is 0 Å². The van der Waals surface area contributed by atoms with Crippen LogP contribution in [-0.4, -0.2) is 36.8 Å². The zero-order chi connectivity index (χ0) is 13.8. The van der Waals surface area contributed by atoms with Crippen LogP contribution >= 0.6 is 0 Å². The number of carbonyl (C=O) groups excluding carboxylic acids is 2. The Kier molecular flexibility index (Phi) is 2.46. The lowest BCUT2D eigenvalue weighted by Gasteiger charge is -2.30. The lowest BCUT2D eigenvalue weighted by atomic mass is 9.69. The zero-order valence-corrected chi connectivity index (χ0v) is 11.4. The van der Waals surface area contributed by atoms with E-state index in [2.05, 4.69) is 0 Å². The van der Waals surface area contributed by atoms with Crippen LogP contribution in [0.25, 0.3) is 0 Å². The van der Waals surface area contributed by atoms with Crippen LogP contribution in [0.15, 0.2) is 18.2 Å². The molecule has 1 aromatic carbocycles. The number of fused-ring (bicyclic) bond motifs is 4. The van der Waals surface area contributed by atoms with Gasteiger partial charge in [0.25, 0.3) is 0 Å². The number of methoxy groups -OCH3 is 1. The van der Waals surface area contributed by atoms with Gasteiger partial charge in [0.1, 0.15) is 5.75 Å². The quantitative estimate of drug-likeness (QED) is 0.813. The molecule has 1 amide bonds. The molecule has 1 heterocycles. The summed E-state index contributed by atoms with van der Waals surface area (Å²) < 4.78 is 5.24. The van der Waals surface area contributed by atoms with Crippen molar-refractivity contribution in [2.75, 3.05) is 14.2 Å². The summed E-state index contributed by atoms with van der Waals surface area (Å²) in [4.78, 5) is 26.6. The highest BCUT2D eigenvalue weighted by Crippen LogP contribution is 2.48. The standard InChI is InChI=1S/C15H17NO3/c1-4-15-8-12(16(2)14(15)18)13(17)10-6-5-9(19-3)7-11(10)15/h5-7,12H,4,8H2,1-3H3. The number of nitrogens with zero attached hydrogens (tertiary/aromatic N) is 1. The van der Waals surface area contributed by atoms with Gasteiger partial charge in [-0.15, -0.1) is 0 Å². The molecule has 0 saturated carbocycles. The summed E-state index contributed by atoms with van der Waals surface area (Å²) >= 11 is 0. The lowest BCUT2D eigenvalue weighted by Crippen LogP contribution is -2.36. The Morgan fingerprint density at radius 1 is 1.42 bits per heavy atom. The molecule has 100 valence electrons. The van der Waals surface area contributed by atoms with E-state index in [1.165, 1.54) is 0 Å². The summed E-state index contributed by atoms with van der Waals surface area (Å²) in [7, 11) is 3.32. The maximum Gasteiger partial charge on any atom is 0.233 e. The number of carbonyl (C=O) groups is 2. The summed E-state index contributed by atoms with van der Waals surface area (Å²) in [6, 6.07) is 5.13. The van der Waals surface area contributed by atoms with Crippen LogP contribution in [-0.2, 0) is 10.2 Å². The average Bonchev–Trinajstić information content (AvgIpc) is 2.68. The van der Waals surface area contributed by atoms with Crippen molar-refractivity contribution < 1.29 is 14.3 Å². The Morgan fingerprint density at radius 2 is 2.16 bits per heavy atom. The molecule has 0 spiro atoms. The fourth-order valence-electron chi connectivity index (χ4n) is 3.45. The molecular formula is C15H17NO3. The minimum Gasteiger partial charge on any atom is -0.497 e. The van der Waals surface area contributed by atoms with Gasteiger partial charge in [-0.1, -0.05) is 6.92 Å². The molecule has 4 heteroatoms. The predicted octanol–water partition coefficient (Wildman–Crippen LogP) is 1.77. The molecule has 1 aliphatic carbocycles. The first kappa shape index (κ1) is 12.2. The van der Waals surface area contributed by atoms with Crippen LogP contribution in [0.5, 0.6) is 5.75 Å². The first-order valence-electron chi connectivity index (χ1n) is 6.55. The largest absolute Gasteiger partial charge is 0.497 e. The van der Waals surface area contributed by atoms with Crippen molar-refractivity contribution in [1.82, 2.24) is 4.90 Å². The number of likely N-dealkylation sites (N-methyl/N-ethyl adjacent to an activating group) is 1. The van der Waals surface area contributed by atoms with Gasteiger partial charge in [-0.3, -0.25) is 9.59 Å². The number of ketones is 1. The summed E-state index contributed by atoms with van der Waals surface area (Å²) in [5.41, 5.74) is 0.971. The van der Waals surface area contributed by atoms with Gasteiger partial charge in [-0.25, -0.2) is 0 Å². The van der Waals surface area contributed by atoms with E-state index in [9.17, 15) is 9.59 Å². The van der Waals surface area contributed by atoms with E-state index < -0.39 is 5.41 Å². The van der Waals surface area contributed by atoms with Gasteiger partial charge in [0.05, 0.1) is 18.6 Å². The molecule has 4 nitrogen and oxygen atoms in total. The van der Waals surface area contributed by atoms with Crippen molar-refractivity contribution in [3.8, 4) is 5.75 Å². The minimum atomic E-state index is -0.544. The zero-order valence-electron chi connectivity index (χ0n) is 11.4. The molecule has 1 saturated heterocycles. The van der Waals surface area contributed by atoms with Crippen LogP contribution < -0.4 is 4.74 Å². The number of rotatable bonds is 2. The first-order valence-corrected chi connectivity index (χ1v) is 6.55. The van der Waals surface area contributed by atoms with Crippen LogP contribution in [0.4, 0.5) is 0 Å². The maximum atomic E-state index is 12.6. The fraction of sp³-hybridized carbons (Fsp3) is 0.467. The highest BCUT2D eigenvalue weighted by molar-refractivity contribution is 6.11. The molecule has 2 bridgehead atoms. The first-order chi connectivity index (χ1) is 9.05. The van der Waals surface area contributed by atoms with E-state index in [-0.39, 0.29) is 17.7 Å². The molecule has 2 atom stereocenters. The van der Waals surface area contributed by atoms with Crippen LogP contribution in [0.2, 0.25) is 0 Å². The Hall–Kier alpha value is -1.84. The molecule has 1 aromatic rings. The number of hydrogen-bond donors (Lipinski definition) is 0. The number of amides is 1. The number of Topliss-reactive ketones (excluding diaryl/α,β-unsaturated/α-hetero) is 1. The van der Waals surface area contributed by atoms with Gasteiger partial charge in [0, 0.05) is 12.6 Å². The number of ether oxygens (including phenoxy) is 1. The van der Waals surface area contributed by atoms with E-state index in [0.29, 0.717) is 24.2 Å². The molecule has 2 aliphatic rings. The third kappa shape index (κ3) is 1.34. The van der Waals surface area contributed by atoms with Gasteiger partial charge in [-0.05, 0) is 36.6 Å². The Bertz CT molecular complexity index is 581. The minimum absolute atomic E-state index is 0.0510. The van der Waals surface area contributed by atoms with Crippen molar-refractivity contribution >= 4 is 11.7 Å². The second kappa shape index (κ2) is 3.83. The number of hydrogen-bond acceptors (Lipinski definition) is 3. The lowest BCUT2D eigenvalue weighted by molar-refractivity contribution is -0.131. The Balaban J connectivity index is 2.28. The highest BCUT2D eigenvalue weighted by Gasteiger charge is 2.57. The molecule has 19 heavy (non-hydrogen) atoms. The van der Waals surface area contributed by atoms with Crippen LogP contribution in [0.3, 0.4) is 0 Å². The monoisotopic (exact) mass is 259 g/mol. The molecule has 2 unspecified atom stereocenters. The van der Waals surface area contributed by atoms with Gasteiger partial charge >= 0.3 is 0 Å². The van der Waals surface area contributed by atoms with Crippen molar-refractivity contribution in [3.05, 3.63) is 29.3 Å². The predicted molar refractivity (Wildman–Crippen MR) is 70.5 cm³/mol. The van der Waals surface area contributed by atoms with Crippen LogP contribution in [0, 0.1) is 0 Å². The SMILES string of the molecule is CCC12CC(C(=O)c3ccc(OC)cc31)N(C)C2=O. The van der Waals surface area contributed by atoms with Crippen molar-refractivity contribution in [2.24, 2.45) is 0 Å². The van der Waals surface area contributed by atoms with Crippen molar-refractivity contribution in [1.29, 1.82) is 0 Å². The van der Waals surface area contributed by atoms with Gasteiger partial charge < -0.3 is 9.64 Å². The molecule has 3 rings (SSSR count). The van der Waals surface area contributed by atoms with Crippen molar-refractivity contribution in [3.63, 3.8) is 0 Å². The maximum absolute atomic E-state index is 12.6. The number of benzene rings is 1. The van der Waals surface area contributed by atoms with E-state index in [1.54, 1.807) is 31.2 Å². The molecule has 1 fully saturated rings. The molecule has 0 radical (unpaired) electrons. The topological polar surface area (TPSA) is 46.6 Å². The van der Waals surface area contributed by atoms with E-state index in [0.717, 1.165) is 5.56 Å². The smallest absolute Gasteiger partial charge is 0.233 e. The third-order valence-electron chi connectivity index (χ3n) is 4.65. The summed E-state index contributed by atoms with van der Waals surface area (Å²) in [5.74, 6) is 0.801. The van der Waals surface area contributed by atoms with E-state index in [1.807, 2.05) is 13.0 Å². The average molecular weight is 259 g/mol. The number of likely N-dealkylation sites (tertiary alicyclic amines) is 1. The Morgan fingerprint density at radius 3 is 2.79 bits per heavy atom. The Labute approximate surface area is 112 Å². The van der Waals surface area contributed by atoms with Crippen molar-refractivity contribution in [2.45, 2.75) is 31.2 Å². The van der Waals surface area contributed by atoms with Gasteiger partial charge in [0.15, 0.2) is 5.78 Å². The second-order valence-electron chi connectivity index (χ2n) is 5.35. The summed E-state index contributed by atoms with van der Waals surface area (Å²) in [6.45, 7) is 2.01. The summed E-state index contributed by atoms with van der Waals surface area (Å²) in [5, 5.41) is 0. The van der Waals surface area contributed by atoms with E-state index in [4.69, 9.17) is 4.74 Å². The van der Waals surface area contributed by atoms with Crippen LogP contribution in [0.1, 0.15) is 35.7 Å². The van der Waals surface area contributed by atoms with E-state index >= 15 is 0 Å². The normalized spacial score (nSPS) is 28.6. The highest BCUT2D eigenvalue weighted by atomic mass is 16.5. The third-order valence-corrected chi connectivity index (χ3v) is 4.65. The molecule has 0 N–H and O–H groups in total. The molecule has 0 aromatic heterocycles. The molecule has 1 aliphatic heterocycles. The molecular weight excluding hydrogens is 242 g/mol. The summed E-state index contributed by atoms with van der Waals surface area (Å²) in [6.07, 6.45) is 1.30. The second-order valence-corrected chi connectivity index (χ2v) is 5.35. The fourth-order valence-corrected chi connectivity index (χ4v) is 3.45. The van der Waals surface area contributed by atoms with Gasteiger partial charge in [0.2, 0.25) is 5.91 Å².